The van der Waals surface area contributed by atoms with Crippen LogP contribution < -0.4 is 10.6 Å². The molecule has 37 heteroatoms. The first-order valence-corrected chi connectivity index (χ1v) is 26.5. The molecule has 83 heavy (non-hydrogen) atoms. The molecule has 0 radical (unpaired) electrons. The van der Waals surface area contributed by atoms with E-state index in [0.29, 0.717) is 0 Å². The minimum Gasteiger partial charge on any atom is -0.394 e. The van der Waals surface area contributed by atoms with E-state index in [-0.39, 0.29) is 0 Å². The van der Waals surface area contributed by atoms with Crippen LogP contribution in [0.3, 0.4) is 0 Å². The van der Waals surface area contributed by atoms with Crippen molar-refractivity contribution in [3.05, 3.63) is 0 Å². The average molecular weight is 1220 g/mol. The molecule has 482 valence electrons. The zero-order valence-corrected chi connectivity index (χ0v) is 44.5. The first-order valence-electron chi connectivity index (χ1n) is 26.5. The number of aliphatic hydroxyl groups excluding tert-OH is 20. The summed E-state index contributed by atoms with van der Waals surface area (Å²) >= 11 is 0. The number of ether oxygens (including phenoxy) is 13. The third kappa shape index (κ3) is 14.7. The molecule has 7 aliphatic heterocycles. The second-order valence-corrected chi connectivity index (χ2v) is 21.1. The molecule has 0 unspecified atom stereocenters. The average Bonchev–Trinajstić information content (AvgIpc) is 3.57. The van der Waals surface area contributed by atoms with Crippen LogP contribution in [0.15, 0.2) is 0 Å². The molecule has 35 atom stereocenters. The van der Waals surface area contributed by atoms with E-state index in [9.17, 15) is 112 Å². The molecule has 0 aromatic carbocycles. The van der Waals surface area contributed by atoms with Gasteiger partial charge in [-0.05, 0) is 6.92 Å². The highest BCUT2D eigenvalue weighted by Gasteiger charge is 2.58. The topological polar surface area (TPSA) is 583 Å². The molecule has 7 fully saturated rings. The Labute approximate surface area is 470 Å². The van der Waals surface area contributed by atoms with Crippen molar-refractivity contribution in [1.29, 1.82) is 0 Å². The Morgan fingerprint density at radius 2 is 0.711 bits per heavy atom. The third-order valence-corrected chi connectivity index (χ3v) is 15.3. The standard InChI is InChI=1S/C46H78N2O35/c1-10-21(56)27(62)32(67)43(72-10)83-39-29(64)23(58)14(5-50)75-46(39)81-36-17(8-53)77-42(20(26(36)61)48-12(3)55)82-38-24(59)18(78-45(34(38)69)80-37-15(6-51)73-40(70)31(66)30(37)65)9-71-41-19(47-11(2)54)25(60)35(16(7-52)76-41)79-44-33(68)28(63)22(57)13(4-49)74-44/h10,13-46,49-53,56-70H,4-9H2,1-3H3,(H,47,54)(H,48,55)/t10-,13+,14+,15+,16+,17+,18+,19+,20+,21+,22-,23-,24-,25+,26+,27+,28-,29-,30+,31+,32-,33+,34+,35+,36+,37+,38-,39+,40-,41+,42-,43-,44-,45-,46-/m0/s1. The molecule has 2 amide bonds. The van der Waals surface area contributed by atoms with Crippen LogP contribution in [0, 0.1) is 0 Å². The van der Waals surface area contributed by atoms with E-state index in [1.807, 2.05) is 0 Å². The van der Waals surface area contributed by atoms with E-state index >= 15 is 0 Å². The minimum absolute atomic E-state index is 0.827. The summed E-state index contributed by atoms with van der Waals surface area (Å²) in [6.45, 7) is -2.63. The molecule has 0 spiro atoms. The SMILES string of the molecule is CC(=O)N[C@H]1[C@H](OC[C@H]2O[C@@H](O[C@H]3[C@H](O)[C@@H](O)[C@@H](O)O[C@@H]3CO)[C@H](O)[C@@H](O[C@@H]3O[C@H](CO)[C@@H](O[C@@H]4O[C@H](CO)[C@H](O)[C@H](O)[C@H]4O[C@@H]4O[C@@H](C)[C@@H](O)[C@@H](O)[C@@H]4O)[C@H](O)[C@H]3NC(C)=O)[C@H]2O)O[C@H](CO)[C@@H](O[C@@H]2O[C@H](CO)[C@H](O)[C@H](O)[C@H]2O)[C@@H]1O. The number of nitrogens with one attached hydrogen (secondary N) is 2. The molecule has 7 aliphatic rings. The second-order valence-electron chi connectivity index (χ2n) is 21.1. The zero-order chi connectivity index (χ0) is 61.2. The van der Waals surface area contributed by atoms with E-state index in [2.05, 4.69) is 10.6 Å². The molecule has 0 saturated carbocycles. The van der Waals surface area contributed by atoms with Crippen molar-refractivity contribution in [1.82, 2.24) is 10.6 Å². The fraction of sp³-hybridized carbons (Fsp3) is 0.957. The highest BCUT2D eigenvalue weighted by atomic mass is 16.8. The number of hydrogen-bond acceptors (Lipinski definition) is 35. The quantitative estimate of drug-likeness (QED) is 0.0538. The van der Waals surface area contributed by atoms with Crippen LogP contribution in [0.1, 0.15) is 20.8 Å². The van der Waals surface area contributed by atoms with Gasteiger partial charge in [0.15, 0.2) is 44.0 Å². The van der Waals surface area contributed by atoms with Crippen molar-refractivity contribution in [3.8, 4) is 0 Å². The minimum atomic E-state index is -2.31. The fourth-order valence-corrected chi connectivity index (χ4v) is 10.6. The van der Waals surface area contributed by atoms with Gasteiger partial charge in [-0.25, -0.2) is 0 Å². The maximum absolute atomic E-state index is 12.9. The predicted molar refractivity (Wildman–Crippen MR) is 254 cm³/mol. The van der Waals surface area contributed by atoms with Crippen LogP contribution >= 0.6 is 0 Å². The summed E-state index contributed by atoms with van der Waals surface area (Å²) in [6, 6.07) is -3.59. The molecule has 7 heterocycles. The Morgan fingerprint density at radius 3 is 1.24 bits per heavy atom. The van der Waals surface area contributed by atoms with Crippen molar-refractivity contribution >= 4 is 11.8 Å². The van der Waals surface area contributed by atoms with Crippen molar-refractivity contribution in [3.63, 3.8) is 0 Å². The summed E-state index contributed by atoms with van der Waals surface area (Å²) in [6.07, 6.45) is -63.1. The maximum Gasteiger partial charge on any atom is 0.217 e. The number of carbonyl (C=O) groups excluding carboxylic acids is 2. The van der Waals surface area contributed by atoms with Gasteiger partial charge in [-0.3, -0.25) is 9.59 Å². The van der Waals surface area contributed by atoms with Gasteiger partial charge in [-0.15, -0.1) is 0 Å². The highest BCUT2D eigenvalue weighted by molar-refractivity contribution is 5.73. The molecular formula is C46H78N2O35. The van der Waals surface area contributed by atoms with Crippen molar-refractivity contribution in [2.24, 2.45) is 0 Å². The van der Waals surface area contributed by atoms with Crippen LogP contribution in [0.4, 0.5) is 0 Å². The van der Waals surface area contributed by atoms with Gasteiger partial charge in [0.25, 0.3) is 0 Å². The number of amides is 2. The lowest BCUT2D eigenvalue weighted by Crippen LogP contribution is -2.70. The highest BCUT2D eigenvalue weighted by Crippen LogP contribution is 2.37. The fourth-order valence-electron chi connectivity index (χ4n) is 10.6. The van der Waals surface area contributed by atoms with Crippen LogP contribution in [0.2, 0.25) is 0 Å². The molecule has 7 rings (SSSR count). The molecule has 37 nitrogen and oxygen atoms in total. The van der Waals surface area contributed by atoms with Crippen LogP contribution in [-0.4, -0.2) is 368 Å². The van der Waals surface area contributed by atoms with E-state index in [4.69, 9.17) is 61.6 Å². The molecule has 7 saturated heterocycles. The van der Waals surface area contributed by atoms with Gasteiger partial charge < -0.3 is 174 Å². The van der Waals surface area contributed by atoms with Gasteiger partial charge in [-0.2, -0.15) is 0 Å². The summed E-state index contributed by atoms with van der Waals surface area (Å²) in [5, 5.41) is 220. The van der Waals surface area contributed by atoms with Gasteiger partial charge in [0.05, 0.1) is 45.7 Å². The van der Waals surface area contributed by atoms with E-state index in [0.717, 1.165) is 13.8 Å². The normalized spacial score (nSPS) is 50.8. The van der Waals surface area contributed by atoms with Gasteiger partial charge in [0.2, 0.25) is 11.8 Å². The summed E-state index contributed by atoms with van der Waals surface area (Å²) in [5.41, 5.74) is 0. The number of carbonyl (C=O) groups is 2. The Balaban J connectivity index is 1.16. The first kappa shape index (κ1) is 68.1. The molecule has 0 bridgehead atoms. The van der Waals surface area contributed by atoms with Crippen molar-refractivity contribution in [2.75, 3.05) is 39.6 Å². The lowest BCUT2D eigenvalue weighted by atomic mass is 9.94. The lowest BCUT2D eigenvalue weighted by Gasteiger charge is -2.50. The Bertz CT molecular complexity index is 2040. The second kappa shape index (κ2) is 29.3. The van der Waals surface area contributed by atoms with Gasteiger partial charge >= 0.3 is 0 Å². The van der Waals surface area contributed by atoms with Gasteiger partial charge in [0.1, 0.15) is 165 Å². The van der Waals surface area contributed by atoms with E-state index in [1.165, 1.54) is 6.92 Å². The lowest BCUT2D eigenvalue weighted by molar-refractivity contribution is -0.392. The van der Waals surface area contributed by atoms with E-state index in [1.54, 1.807) is 0 Å². The van der Waals surface area contributed by atoms with Gasteiger partial charge in [0, 0.05) is 13.8 Å². The van der Waals surface area contributed by atoms with Crippen molar-refractivity contribution in [2.45, 2.75) is 236 Å². The summed E-state index contributed by atoms with van der Waals surface area (Å²) in [4.78, 5) is 25.4. The van der Waals surface area contributed by atoms with Crippen LogP contribution in [0.25, 0.3) is 0 Å². The molecular weight excluding hydrogens is 1140 g/mol. The summed E-state index contributed by atoms with van der Waals surface area (Å²) < 4.78 is 75.0. The number of aliphatic hydroxyl groups is 20. The Morgan fingerprint density at radius 1 is 0.337 bits per heavy atom. The smallest absolute Gasteiger partial charge is 0.217 e. The first-order chi connectivity index (χ1) is 39.2. The van der Waals surface area contributed by atoms with Crippen molar-refractivity contribution < 1.29 is 173 Å². The molecule has 0 aromatic rings. The molecule has 0 aliphatic carbocycles. The van der Waals surface area contributed by atoms with E-state index < -0.39 is 266 Å². The number of rotatable bonds is 20. The molecule has 0 aromatic heterocycles. The zero-order valence-electron chi connectivity index (χ0n) is 44.5. The third-order valence-electron chi connectivity index (χ3n) is 15.3. The van der Waals surface area contributed by atoms with Crippen LogP contribution in [0.5, 0.6) is 0 Å². The Kier molecular flexibility index (Phi) is 24.0. The molecule has 22 N–H and O–H groups in total. The van der Waals surface area contributed by atoms with Gasteiger partial charge in [-0.1, -0.05) is 0 Å². The maximum atomic E-state index is 12.9. The van der Waals surface area contributed by atoms with Crippen LogP contribution in [-0.2, 0) is 71.2 Å². The predicted octanol–water partition coefficient (Wildman–Crippen LogP) is -15.0. The monoisotopic (exact) mass is 1220 g/mol. The Hall–Kier alpha value is -2.38. The summed E-state index contributed by atoms with van der Waals surface area (Å²) in [7, 11) is 0. The summed E-state index contributed by atoms with van der Waals surface area (Å²) in [5.74, 6) is -1.74. The number of hydrogen-bond donors (Lipinski definition) is 22. The largest absolute Gasteiger partial charge is 0.394 e.